The highest BCUT2D eigenvalue weighted by molar-refractivity contribution is 7.92. The molecule has 204 valence electrons. The second-order valence-electron chi connectivity index (χ2n) is 9.22. The summed E-state index contributed by atoms with van der Waals surface area (Å²) in [6, 6.07) is 8.38. The van der Waals surface area contributed by atoms with E-state index in [0.29, 0.717) is 0 Å². The first-order valence-electron chi connectivity index (χ1n) is 12.0. The molecule has 2 N–H and O–H groups in total. The standard InChI is InChI=1S/C26H29ClF2N4O3S2/c1-33(2)11-10-30-23-5-3-4-19(17-6-8-18(28)9-7-17)20(23)14-36-24-13-22(29)25(12-21(24)27)38(34,35)32-26-15-37-16-31-26/h4,6-9,12-13,15-16,20,23,30,32H,3,5,10-11,14H2,1-2H3. The third-order valence-electron chi connectivity index (χ3n) is 6.24. The summed E-state index contributed by atoms with van der Waals surface area (Å²) in [6.07, 6.45) is 3.83. The average Bonchev–Trinajstić information content (AvgIpc) is 3.37. The summed E-state index contributed by atoms with van der Waals surface area (Å²) in [4.78, 5) is 5.35. The Morgan fingerprint density at radius 3 is 2.66 bits per heavy atom. The number of benzene rings is 2. The number of nitrogens with zero attached hydrogens (tertiary/aromatic N) is 2. The molecule has 0 amide bonds. The summed E-state index contributed by atoms with van der Waals surface area (Å²) in [6.45, 7) is 1.77. The third kappa shape index (κ3) is 7.09. The summed E-state index contributed by atoms with van der Waals surface area (Å²) in [5.41, 5.74) is 3.34. The molecule has 0 aliphatic heterocycles. The largest absolute Gasteiger partial charge is 0.491 e. The Hall–Kier alpha value is -2.57. The van der Waals surface area contributed by atoms with Gasteiger partial charge < -0.3 is 15.0 Å². The van der Waals surface area contributed by atoms with Crippen LogP contribution >= 0.6 is 22.9 Å². The lowest BCUT2D eigenvalue weighted by Crippen LogP contribution is -2.43. The van der Waals surface area contributed by atoms with E-state index in [2.05, 4.69) is 26.0 Å². The van der Waals surface area contributed by atoms with E-state index in [9.17, 15) is 17.2 Å². The van der Waals surface area contributed by atoms with Crippen LogP contribution in [0.5, 0.6) is 5.75 Å². The van der Waals surface area contributed by atoms with Gasteiger partial charge in [0.15, 0.2) is 5.82 Å². The highest BCUT2D eigenvalue weighted by atomic mass is 35.5. The Balaban J connectivity index is 1.55. The molecule has 2 atom stereocenters. The van der Waals surface area contributed by atoms with Crippen molar-refractivity contribution in [2.45, 2.75) is 23.8 Å². The number of anilines is 1. The molecule has 7 nitrogen and oxygen atoms in total. The van der Waals surface area contributed by atoms with Crippen molar-refractivity contribution < 1.29 is 21.9 Å². The van der Waals surface area contributed by atoms with Crippen LogP contribution in [0.4, 0.5) is 14.6 Å². The summed E-state index contributed by atoms with van der Waals surface area (Å²) < 4.78 is 62.1. The van der Waals surface area contributed by atoms with Crippen LogP contribution in [-0.2, 0) is 10.0 Å². The highest BCUT2D eigenvalue weighted by Gasteiger charge is 2.30. The topological polar surface area (TPSA) is 83.6 Å². The van der Waals surface area contributed by atoms with E-state index in [0.717, 1.165) is 49.2 Å². The van der Waals surface area contributed by atoms with Gasteiger partial charge >= 0.3 is 0 Å². The van der Waals surface area contributed by atoms with Crippen molar-refractivity contribution in [2.75, 3.05) is 38.5 Å². The molecule has 0 saturated heterocycles. The number of hydrogen-bond acceptors (Lipinski definition) is 7. The Morgan fingerprint density at radius 2 is 1.97 bits per heavy atom. The minimum Gasteiger partial charge on any atom is -0.491 e. The molecule has 0 fully saturated rings. The first-order chi connectivity index (χ1) is 18.1. The number of rotatable bonds is 11. The Bertz CT molecular complexity index is 1370. The molecular weight excluding hydrogens is 554 g/mol. The lowest BCUT2D eigenvalue weighted by atomic mass is 9.80. The normalized spacial score (nSPS) is 17.9. The number of thiazole rings is 1. The zero-order valence-corrected chi connectivity index (χ0v) is 23.3. The van der Waals surface area contributed by atoms with E-state index in [1.54, 1.807) is 12.1 Å². The number of likely N-dealkylation sites (N-methyl/N-ethyl adjacent to an activating group) is 1. The lowest BCUT2D eigenvalue weighted by Gasteiger charge is -2.34. The van der Waals surface area contributed by atoms with Crippen molar-refractivity contribution in [1.82, 2.24) is 15.2 Å². The van der Waals surface area contributed by atoms with E-state index >= 15 is 0 Å². The van der Waals surface area contributed by atoms with Crippen molar-refractivity contribution in [3.63, 3.8) is 0 Å². The molecule has 38 heavy (non-hydrogen) atoms. The summed E-state index contributed by atoms with van der Waals surface area (Å²) in [5, 5.41) is 5.05. The van der Waals surface area contributed by atoms with Crippen molar-refractivity contribution in [2.24, 2.45) is 5.92 Å². The molecule has 4 rings (SSSR count). The van der Waals surface area contributed by atoms with E-state index < -0.39 is 20.7 Å². The molecule has 0 spiro atoms. The maximum atomic E-state index is 15.0. The monoisotopic (exact) mass is 582 g/mol. The second-order valence-corrected chi connectivity index (χ2v) is 12.0. The maximum Gasteiger partial charge on any atom is 0.266 e. The second kappa shape index (κ2) is 12.5. The predicted molar refractivity (Wildman–Crippen MR) is 147 cm³/mol. The van der Waals surface area contributed by atoms with Gasteiger partial charge in [-0.1, -0.05) is 29.8 Å². The fraction of sp³-hybridized carbons (Fsp3) is 0.346. The fourth-order valence-corrected chi connectivity index (χ4v) is 6.27. The minimum absolute atomic E-state index is 0.0350. The van der Waals surface area contributed by atoms with E-state index in [1.807, 2.05) is 14.1 Å². The van der Waals surface area contributed by atoms with Gasteiger partial charge in [-0.3, -0.25) is 4.72 Å². The van der Waals surface area contributed by atoms with Crippen LogP contribution in [0.25, 0.3) is 5.57 Å². The average molecular weight is 583 g/mol. The minimum atomic E-state index is -4.24. The molecule has 2 unspecified atom stereocenters. The first-order valence-corrected chi connectivity index (χ1v) is 14.8. The van der Waals surface area contributed by atoms with Crippen molar-refractivity contribution >= 4 is 44.4 Å². The first kappa shape index (κ1) is 28.4. The molecule has 0 saturated carbocycles. The van der Waals surface area contributed by atoms with Crippen LogP contribution in [0.3, 0.4) is 0 Å². The van der Waals surface area contributed by atoms with E-state index in [1.165, 1.54) is 34.4 Å². The summed E-state index contributed by atoms with van der Waals surface area (Å²) in [5.74, 6) is -1.32. The number of ether oxygens (including phenoxy) is 1. The van der Waals surface area contributed by atoms with Crippen LogP contribution in [0.2, 0.25) is 5.02 Å². The van der Waals surface area contributed by atoms with Gasteiger partial charge in [0, 0.05) is 36.5 Å². The van der Waals surface area contributed by atoms with Gasteiger partial charge in [-0.2, -0.15) is 0 Å². The van der Waals surface area contributed by atoms with Crippen LogP contribution in [-0.4, -0.2) is 58.1 Å². The van der Waals surface area contributed by atoms with Gasteiger partial charge in [-0.05, 0) is 56.3 Å². The van der Waals surface area contributed by atoms with E-state index in [-0.39, 0.29) is 41.0 Å². The van der Waals surface area contributed by atoms with Gasteiger partial charge in [0.1, 0.15) is 22.3 Å². The van der Waals surface area contributed by atoms with Crippen molar-refractivity contribution in [1.29, 1.82) is 0 Å². The Kier molecular flexibility index (Phi) is 9.37. The molecule has 1 heterocycles. The number of halogens is 3. The number of nitrogens with one attached hydrogen (secondary N) is 2. The third-order valence-corrected chi connectivity index (χ3v) is 8.49. The fourth-order valence-electron chi connectivity index (χ4n) is 4.35. The van der Waals surface area contributed by atoms with Gasteiger partial charge in [0.2, 0.25) is 0 Å². The molecule has 1 aliphatic rings. The maximum absolute atomic E-state index is 15.0. The van der Waals surface area contributed by atoms with Crippen LogP contribution < -0.4 is 14.8 Å². The molecule has 2 aromatic carbocycles. The highest BCUT2D eigenvalue weighted by Crippen LogP contribution is 2.36. The molecule has 3 aromatic rings. The van der Waals surface area contributed by atoms with E-state index in [4.69, 9.17) is 16.3 Å². The van der Waals surface area contributed by atoms with Crippen LogP contribution in [0.1, 0.15) is 18.4 Å². The van der Waals surface area contributed by atoms with Crippen molar-refractivity contribution in [3.05, 3.63) is 75.6 Å². The zero-order chi connectivity index (χ0) is 27.3. The molecule has 12 heteroatoms. The molecule has 0 radical (unpaired) electrons. The number of sulfonamides is 1. The molecule has 0 bridgehead atoms. The van der Waals surface area contributed by atoms with Gasteiger partial charge in [0.05, 0.1) is 17.1 Å². The van der Waals surface area contributed by atoms with Gasteiger partial charge in [-0.15, -0.1) is 11.3 Å². The SMILES string of the molecule is CN(C)CCNC1CCC=C(c2ccc(F)cc2)C1COc1cc(F)c(S(=O)(=O)Nc2cscn2)cc1Cl. The van der Waals surface area contributed by atoms with Crippen LogP contribution in [0.15, 0.2) is 58.3 Å². The summed E-state index contributed by atoms with van der Waals surface area (Å²) in [7, 11) is -0.238. The predicted octanol–water partition coefficient (Wildman–Crippen LogP) is 5.27. The number of allylic oxidation sites excluding steroid dienone is 1. The molecular formula is C26H29ClF2N4O3S2. The van der Waals surface area contributed by atoms with Gasteiger partial charge in [-0.25, -0.2) is 22.2 Å². The van der Waals surface area contributed by atoms with Crippen LogP contribution in [0, 0.1) is 17.6 Å². The number of aromatic nitrogens is 1. The van der Waals surface area contributed by atoms with Crippen molar-refractivity contribution in [3.8, 4) is 5.75 Å². The smallest absolute Gasteiger partial charge is 0.266 e. The Labute approximate surface area is 230 Å². The number of hydrogen-bond donors (Lipinski definition) is 2. The quantitative estimate of drug-likeness (QED) is 0.321. The molecule has 1 aromatic heterocycles. The van der Waals surface area contributed by atoms with Gasteiger partial charge in [0.25, 0.3) is 10.0 Å². The zero-order valence-electron chi connectivity index (χ0n) is 21.0. The molecule has 1 aliphatic carbocycles. The summed E-state index contributed by atoms with van der Waals surface area (Å²) >= 11 is 7.56. The lowest BCUT2D eigenvalue weighted by molar-refractivity contribution is 0.231. The Morgan fingerprint density at radius 1 is 1.21 bits per heavy atom.